The van der Waals surface area contributed by atoms with Gasteiger partial charge >= 0.3 is 0 Å². The largest absolute Gasteiger partial charge is 0.353 e. The summed E-state index contributed by atoms with van der Waals surface area (Å²) < 4.78 is 13.0. The molecule has 2 N–H and O–H groups in total. The van der Waals surface area contributed by atoms with Crippen LogP contribution in [0.15, 0.2) is 23.2 Å². The highest BCUT2D eigenvalue weighted by atomic mass is 127. The molecule has 3 nitrogen and oxygen atoms in total. The van der Waals surface area contributed by atoms with Gasteiger partial charge in [0.2, 0.25) is 0 Å². The van der Waals surface area contributed by atoms with Gasteiger partial charge in [0.1, 0.15) is 5.82 Å². The summed E-state index contributed by atoms with van der Waals surface area (Å²) in [6.07, 6.45) is 1.18. The molecule has 2 rings (SSSR count). The van der Waals surface area contributed by atoms with Crippen LogP contribution in [-0.4, -0.2) is 19.0 Å². The molecule has 19 heavy (non-hydrogen) atoms. The fourth-order valence-electron chi connectivity index (χ4n) is 1.73. The zero-order chi connectivity index (χ0) is 13.1. The Labute approximate surface area is 135 Å². The minimum Gasteiger partial charge on any atom is -0.353 e. The van der Waals surface area contributed by atoms with E-state index in [9.17, 15) is 4.39 Å². The molecule has 0 amide bonds. The first kappa shape index (κ1) is 16.5. The van der Waals surface area contributed by atoms with Crippen molar-refractivity contribution in [3.8, 4) is 0 Å². The Balaban J connectivity index is 0.00000180. The van der Waals surface area contributed by atoms with Crippen LogP contribution in [0.4, 0.5) is 4.39 Å². The zero-order valence-corrected chi connectivity index (χ0v) is 14.0. The lowest BCUT2D eigenvalue weighted by Gasteiger charge is -2.11. The number of nitrogens with zero attached hydrogens (tertiary/aromatic N) is 1. The Hall–Kier alpha value is -0.560. The Morgan fingerprint density at radius 3 is 2.74 bits per heavy atom. The Morgan fingerprint density at radius 1 is 1.53 bits per heavy atom. The predicted octanol–water partition coefficient (Wildman–Crippen LogP) is 3.17. The van der Waals surface area contributed by atoms with Crippen LogP contribution < -0.4 is 10.6 Å². The van der Waals surface area contributed by atoms with Crippen LogP contribution in [0.5, 0.6) is 0 Å². The molecule has 1 fully saturated rings. The fourth-order valence-corrected chi connectivity index (χ4v) is 1.93. The highest BCUT2D eigenvalue weighted by Gasteiger charge is 2.33. The molecule has 1 aromatic rings. The maximum Gasteiger partial charge on any atom is 0.191 e. The van der Waals surface area contributed by atoms with Gasteiger partial charge in [0.15, 0.2) is 5.96 Å². The SMILES string of the molecule is CN=C(NCc1ccc(F)c(Cl)c1)NC1CC1C.I. The minimum absolute atomic E-state index is 0. The van der Waals surface area contributed by atoms with Crippen molar-refractivity contribution in [2.45, 2.75) is 25.9 Å². The van der Waals surface area contributed by atoms with E-state index in [1.807, 2.05) is 0 Å². The van der Waals surface area contributed by atoms with E-state index < -0.39 is 5.82 Å². The number of aliphatic imine (C=N–C) groups is 1. The first-order valence-corrected chi connectivity index (χ1v) is 6.39. The number of nitrogens with one attached hydrogen (secondary N) is 2. The molecule has 2 unspecified atom stereocenters. The number of hydrogen-bond donors (Lipinski definition) is 2. The molecule has 1 saturated carbocycles. The van der Waals surface area contributed by atoms with Crippen molar-refractivity contribution < 1.29 is 4.39 Å². The molecular formula is C13H18ClFIN3. The second-order valence-corrected chi connectivity index (χ2v) is 5.05. The van der Waals surface area contributed by atoms with Gasteiger partial charge < -0.3 is 10.6 Å². The molecule has 2 atom stereocenters. The Bertz CT molecular complexity index is 467. The van der Waals surface area contributed by atoms with Crippen molar-refractivity contribution in [2.24, 2.45) is 10.9 Å². The summed E-state index contributed by atoms with van der Waals surface area (Å²) >= 11 is 5.73. The van der Waals surface area contributed by atoms with Gasteiger partial charge in [-0.1, -0.05) is 24.6 Å². The third-order valence-corrected chi connectivity index (χ3v) is 3.39. The van der Waals surface area contributed by atoms with Crippen molar-refractivity contribution >= 4 is 41.5 Å². The molecule has 6 heteroatoms. The van der Waals surface area contributed by atoms with Gasteiger partial charge in [-0.3, -0.25) is 4.99 Å². The van der Waals surface area contributed by atoms with Gasteiger partial charge in [0, 0.05) is 19.6 Å². The highest BCUT2D eigenvalue weighted by molar-refractivity contribution is 14.0. The zero-order valence-electron chi connectivity index (χ0n) is 10.9. The van der Waals surface area contributed by atoms with Crippen molar-refractivity contribution in [3.63, 3.8) is 0 Å². The van der Waals surface area contributed by atoms with Crippen LogP contribution in [0.25, 0.3) is 0 Å². The minimum atomic E-state index is -0.394. The molecule has 1 aliphatic carbocycles. The number of hydrogen-bond acceptors (Lipinski definition) is 1. The summed E-state index contributed by atoms with van der Waals surface area (Å²) in [4.78, 5) is 4.15. The highest BCUT2D eigenvalue weighted by Crippen LogP contribution is 2.28. The van der Waals surface area contributed by atoms with Crippen molar-refractivity contribution in [2.75, 3.05) is 7.05 Å². The quantitative estimate of drug-likeness (QED) is 0.467. The smallest absolute Gasteiger partial charge is 0.191 e. The lowest BCUT2D eigenvalue weighted by atomic mass is 10.2. The maximum atomic E-state index is 13.0. The molecule has 0 aliphatic heterocycles. The number of rotatable bonds is 3. The number of halogens is 3. The second kappa shape index (κ2) is 7.28. The lowest BCUT2D eigenvalue weighted by molar-refractivity contribution is 0.627. The summed E-state index contributed by atoms with van der Waals surface area (Å²) in [7, 11) is 1.74. The molecule has 0 saturated heterocycles. The Kier molecular flexibility index (Phi) is 6.32. The van der Waals surface area contributed by atoms with Gasteiger partial charge in [-0.05, 0) is 30.0 Å². The van der Waals surface area contributed by atoms with E-state index in [1.165, 1.54) is 12.5 Å². The molecular weight excluding hydrogens is 380 g/mol. The topological polar surface area (TPSA) is 36.4 Å². The third-order valence-electron chi connectivity index (χ3n) is 3.10. The van der Waals surface area contributed by atoms with E-state index in [1.54, 1.807) is 19.2 Å². The second-order valence-electron chi connectivity index (χ2n) is 4.64. The van der Waals surface area contributed by atoms with E-state index in [-0.39, 0.29) is 29.0 Å². The van der Waals surface area contributed by atoms with E-state index in [2.05, 4.69) is 22.5 Å². The van der Waals surface area contributed by atoms with Crippen LogP contribution in [0.2, 0.25) is 5.02 Å². The predicted molar refractivity (Wildman–Crippen MR) is 87.7 cm³/mol. The molecule has 0 spiro atoms. The molecule has 0 radical (unpaired) electrons. The van der Waals surface area contributed by atoms with Gasteiger partial charge in [-0.25, -0.2) is 4.39 Å². The number of guanidine groups is 1. The lowest BCUT2D eigenvalue weighted by Crippen LogP contribution is -2.38. The van der Waals surface area contributed by atoms with Crippen LogP contribution in [-0.2, 0) is 6.54 Å². The van der Waals surface area contributed by atoms with Gasteiger partial charge in [-0.15, -0.1) is 24.0 Å². The molecule has 106 valence electrons. The van der Waals surface area contributed by atoms with Crippen LogP contribution in [0.1, 0.15) is 18.9 Å². The van der Waals surface area contributed by atoms with E-state index in [0.717, 1.165) is 11.5 Å². The summed E-state index contributed by atoms with van der Waals surface area (Å²) in [5.74, 6) is 1.09. The fraction of sp³-hybridized carbons (Fsp3) is 0.462. The third kappa shape index (κ3) is 4.80. The molecule has 0 aromatic heterocycles. The normalized spacial score (nSPS) is 21.6. The summed E-state index contributed by atoms with van der Waals surface area (Å²) in [5, 5.41) is 6.65. The van der Waals surface area contributed by atoms with Crippen molar-refractivity contribution in [1.29, 1.82) is 0 Å². The maximum absolute atomic E-state index is 13.0. The molecule has 1 aromatic carbocycles. The van der Waals surface area contributed by atoms with Gasteiger partial charge in [-0.2, -0.15) is 0 Å². The van der Waals surface area contributed by atoms with Crippen LogP contribution in [0.3, 0.4) is 0 Å². The van der Waals surface area contributed by atoms with Gasteiger partial charge in [0.05, 0.1) is 5.02 Å². The Morgan fingerprint density at radius 2 is 2.21 bits per heavy atom. The van der Waals surface area contributed by atoms with Crippen LogP contribution in [0, 0.1) is 11.7 Å². The summed E-state index contributed by atoms with van der Waals surface area (Å²) in [6.45, 7) is 2.77. The van der Waals surface area contributed by atoms with E-state index in [4.69, 9.17) is 11.6 Å². The van der Waals surface area contributed by atoms with E-state index in [0.29, 0.717) is 18.5 Å². The summed E-state index contributed by atoms with van der Waals surface area (Å²) in [5.41, 5.74) is 0.924. The molecule has 0 heterocycles. The summed E-state index contributed by atoms with van der Waals surface area (Å²) in [6, 6.07) is 5.23. The molecule has 0 bridgehead atoms. The number of benzene rings is 1. The first-order valence-electron chi connectivity index (χ1n) is 6.01. The van der Waals surface area contributed by atoms with Crippen molar-refractivity contribution in [1.82, 2.24) is 10.6 Å². The monoisotopic (exact) mass is 397 g/mol. The van der Waals surface area contributed by atoms with E-state index >= 15 is 0 Å². The standard InChI is InChI=1S/C13H17ClFN3.HI/c1-8-5-12(8)18-13(16-2)17-7-9-3-4-11(15)10(14)6-9;/h3-4,6,8,12H,5,7H2,1-2H3,(H2,16,17,18);1H. The van der Waals surface area contributed by atoms with Crippen molar-refractivity contribution in [3.05, 3.63) is 34.6 Å². The average Bonchev–Trinajstić information content (AvgIpc) is 3.04. The average molecular weight is 398 g/mol. The van der Waals surface area contributed by atoms with Gasteiger partial charge in [0.25, 0.3) is 0 Å². The van der Waals surface area contributed by atoms with Crippen LogP contribution >= 0.6 is 35.6 Å². The molecule has 1 aliphatic rings. The first-order chi connectivity index (χ1) is 8.60.